The van der Waals surface area contributed by atoms with Gasteiger partial charge in [0.15, 0.2) is 0 Å². The first kappa shape index (κ1) is 13.2. The molecule has 0 bridgehead atoms. The molecule has 1 atom stereocenters. The van der Waals surface area contributed by atoms with Gasteiger partial charge in [-0.15, -0.1) is 0 Å². The lowest BCUT2D eigenvalue weighted by molar-refractivity contribution is 0.218. The first-order valence-corrected chi connectivity index (χ1v) is 6.95. The molecule has 18 heavy (non-hydrogen) atoms. The predicted octanol–water partition coefficient (Wildman–Crippen LogP) is 2.85. The van der Waals surface area contributed by atoms with E-state index in [2.05, 4.69) is 12.2 Å². The standard InChI is InChI=1S/C15H23NO2/c1-2-10-17-14-5-7-15(8-6-14)18-12-13-4-3-9-16-11-13/h5-8,13,16H,2-4,9-12H2,1H3/t13-/m0/s1. The van der Waals surface area contributed by atoms with Gasteiger partial charge in [-0.25, -0.2) is 0 Å². The molecule has 1 fully saturated rings. The number of ether oxygens (including phenoxy) is 2. The highest BCUT2D eigenvalue weighted by atomic mass is 16.5. The monoisotopic (exact) mass is 249 g/mol. The normalized spacial score (nSPS) is 19.5. The van der Waals surface area contributed by atoms with Crippen molar-refractivity contribution >= 4 is 0 Å². The summed E-state index contributed by atoms with van der Waals surface area (Å²) in [7, 11) is 0. The van der Waals surface area contributed by atoms with Gasteiger partial charge in [0, 0.05) is 12.5 Å². The second-order valence-electron chi connectivity index (χ2n) is 4.84. The fraction of sp³-hybridized carbons (Fsp3) is 0.600. The minimum atomic E-state index is 0.648. The van der Waals surface area contributed by atoms with E-state index in [0.29, 0.717) is 5.92 Å². The molecule has 1 saturated heterocycles. The van der Waals surface area contributed by atoms with E-state index in [1.54, 1.807) is 0 Å². The maximum absolute atomic E-state index is 5.81. The van der Waals surface area contributed by atoms with Gasteiger partial charge in [0.25, 0.3) is 0 Å². The average Bonchev–Trinajstić information content (AvgIpc) is 2.45. The Bertz CT molecular complexity index is 331. The molecule has 0 aromatic heterocycles. The zero-order valence-corrected chi connectivity index (χ0v) is 11.2. The van der Waals surface area contributed by atoms with Gasteiger partial charge in [0.1, 0.15) is 11.5 Å². The minimum absolute atomic E-state index is 0.648. The molecule has 1 aliphatic rings. The Morgan fingerprint density at radius 3 is 2.50 bits per heavy atom. The first-order chi connectivity index (χ1) is 8.88. The van der Waals surface area contributed by atoms with Crippen molar-refractivity contribution in [2.24, 2.45) is 5.92 Å². The molecule has 0 radical (unpaired) electrons. The van der Waals surface area contributed by atoms with Gasteiger partial charge in [-0.3, -0.25) is 0 Å². The molecule has 1 aromatic carbocycles. The molecule has 0 amide bonds. The molecule has 0 aliphatic carbocycles. The lowest BCUT2D eigenvalue weighted by atomic mass is 10.0. The van der Waals surface area contributed by atoms with Crippen molar-refractivity contribution in [2.45, 2.75) is 26.2 Å². The van der Waals surface area contributed by atoms with Crippen LogP contribution >= 0.6 is 0 Å². The van der Waals surface area contributed by atoms with Crippen LogP contribution in [0.4, 0.5) is 0 Å². The smallest absolute Gasteiger partial charge is 0.119 e. The molecule has 1 aliphatic heterocycles. The maximum atomic E-state index is 5.81. The molecule has 0 saturated carbocycles. The summed E-state index contributed by atoms with van der Waals surface area (Å²) < 4.78 is 11.3. The Labute approximate surface area is 109 Å². The van der Waals surface area contributed by atoms with Crippen LogP contribution in [0.5, 0.6) is 11.5 Å². The van der Waals surface area contributed by atoms with E-state index in [0.717, 1.165) is 44.2 Å². The molecule has 1 aromatic rings. The van der Waals surface area contributed by atoms with E-state index in [4.69, 9.17) is 9.47 Å². The number of hydrogen-bond donors (Lipinski definition) is 1. The second-order valence-corrected chi connectivity index (χ2v) is 4.84. The van der Waals surface area contributed by atoms with Crippen LogP contribution in [-0.2, 0) is 0 Å². The molecular weight excluding hydrogens is 226 g/mol. The van der Waals surface area contributed by atoms with E-state index in [1.807, 2.05) is 24.3 Å². The summed E-state index contributed by atoms with van der Waals surface area (Å²) in [4.78, 5) is 0. The third-order valence-corrected chi connectivity index (χ3v) is 3.18. The number of benzene rings is 1. The van der Waals surface area contributed by atoms with Gasteiger partial charge in [0.05, 0.1) is 13.2 Å². The van der Waals surface area contributed by atoms with E-state index in [9.17, 15) is 0 Å². The molecular formula is C15H23NO2. The quantitative estimate of drug-likeness (QED) is 0.841. The van der Waals surface area contributed by atoms with Crippen LogP contribution in [0.15, 0.2) is 24.3 Å². The molecule has 1 heterocycles. The number of hydrogen-bond acceptors (Lipinski definition) is 3. The summed E-state index contributed by atoms with van der Waals surface area (Å²) in [5.74, 6) is 2.50. The molecule has 0 unspecified atom stereocenters. The Kier molecular flexibility index (Phi) is 5.34. The van der Waals surface area contributed by atoms with Gasteiger partial charge >= 0.3 is 0 Å². The Morgan fingerprint density at radius 2 is 1.89 bits per heavy atom. The van der Waals surface area contributed by atoms with Crippen molar-refractivity contribution in [3.05, 3.63) is 24.3 Å². The van der Waals surface area contributed by atoms with E-state index >= 15 is 0 Å². The highest BCUT2D eigenvalue weighted by molar-refractivity contribution is 5.31. The Morgan fingerprint density at radius 1 is 1.17 bits per heavy atom. The highest BCUT2D eigenvalue weighted by Gasteiger charge is 2.13. The van der Waals surface area contributed by atoms with Crippen LogP contribution in [-0.4, -0.2) is 26.3 Å². The van der Waals surface area contributed by atoms with Crippen molar-refractivity contribution < 1.29 is 9.47 Å². The van der Waals surface area contributed by atoms with Gasteiger partial charge < -0.3 is 14.8 Å². The highest BCUT2D eigenvalue weighted by Crippen LogP contribution is 2.19. The van der Waals surface area contributed by atoms with Crippen molar-refractivity contribution in [1.29, 1.82) is 0 Å². The van der Waals surface area contributed by atoms with E-state index < -0.39 is 0 Å². The average molecular weight is 249 g/mol. The molecule has 3 nitrogen and oxygen atoms in total. The first-order valence-electron chi connectivity index (χ1n) is 6.95. The van der Waals surface area contributed by atoms with Crippen molar-refractivity contribution in [2.75, 3.05) is 26.3 Å². The van der Waals surface area contributed by atoms with Gasteiger partial charge in [0.2, 0.25) is 0 Å². The number of nitrogens with one attached hydrogen (secondary N) is 1. The summed E-state index contributed by atoms with van der Waals surface area (Å²) in [5.41, 5.74) is 0. The molecule has 2 rings (SSSR count). The van der Waals surface area contributed by atoms with Gasteiger partial charge in [-0.05, 0) is 50.1 Å². The van der Waals surface area contributed by atoms with Gasteiger partial charge in [-0.2, -0.15) is 0 Å². The summed E-state index contributed by atoms with van der Waals surface area (Å²) in [5, 5.41) is 3.40. The van der Waals surface area contributed by atoms with Crippen molar-refractivity contribution in [1.82, 2.24) is 5.32 Å². The third kappa shape index (κ3) is 4.22. The van der Waals surface area contributed by atoms with Crippen LogP contribution < -0.4 is 14.8 Å². The van der Waals surface area contributed by atoms with E-state index in [1.165, 1.54) is 12.8 Å². The Hall–Kier alpha value is -1.22. The SMILES string of the molecule is CCCOc1ccc(OC[C@H]2CCCNC2)cc1. The summed E-state index contributed by atoms with van der Waals surface area (Å²) in [6.45, 7) is 5.92. The second kappa shape index (κ2) is 7.27. The molecule has 1 N–H and O–H groups in total. The van der Waals surface area contributed by atoms with Crippen molar-refractivity contribution in [3.8, 4) is 11.5 Å². The fourth-order valence-electron chi connectivity index (χ4n) is 2.13. The van der Waals surface area contributed by atoms with Crippen LogP contribution in [0.3, 0.4) is 0 Å². The lowest BCUT2D eigenvalue weighted by Crippen LogP contribution is -2.33. The fourth-order valence-corrected chi connectivity index (χ4v) is 2.13. The van der Waals surface area contributed by atoms with Crippen LogP contribution in [0.1, 0.15) is 26.2 Å². The summed E-state index contributed by atoms with van der Waals surface area (Å²) in [6.07, 6.45) is 3.56. The molecule has 0 spiro atoms. The van der Waals surface area contributed by atoms with E-state index in [-0.39, 0.29) is 0 Å². The summed E-state index contributed by atoms with van der Waals surface area (Å²) >= 11 is 0. The zero-order valence-electron chi connectivity index (χ0n) is 11.2. The largest absolute Gasteiger partial charge is 0.494 e. The van der Waals surface area contributed by atoms with Gasteiger partial charge in [-0.1, -0.05) is 6.92 Å². The summed E-state index contributed by atoms with van der Waals surface area (Å²) in [6, 6.07) is 7.93. The predicted molar refractivity (Wildman–Crippen MR) is 73.3 cm³/mol. The zero-order chi connectivity index (χ0) is 12.6. The Balaban J connectivity index is 1.75. The lowest BCUT2D eigenvalue weighted by Gasteiger charge is -2.22. The van der Waals surface area contributed by atoms with Crippen molar-refractivity contribution in [3.63, 3.8) is 0 Å². The third-order valence-electron chi connectivity index (χ3n) is 3.18. The maximum Gasteiger partial charge on any atom is 0.119 e. The minimum Gasteiger partial charge on any atom is -0.494 e. The topological polar surface area (TPSA) is 30.5 Å². The molecule has 100 valence electrons. The number of piperidine rings is 1. The van der Waals surface area contributed by atoms with Crippen LogP contribution in [0.25, 0.3) is 0 Å². The van der Waals surface area contributed by atoms with Crippen LogP contribution in [0.2, 0.25) is 0 Å². The number of rotatable bonds is 6. The van der Waals surface area contributed by atoms with Crippen LogP contribution in [0, 0.1) is 5.92 Å². The molecule has 3 heteroatoms.